The molecule has 2 N–H and O–H groups in total. The second-order valence-corrected chi connectivity index (χ2v) is 6.78. The van der Waals surface area contributed by atoms with Gasteiger partial charge in [-0.15, -0.1) is 0 Å². The number of rotatable bonds is 3. The summed E-state index contributed by atoms with van der Waals surface area (Å²) in [5.41, 5.74) is 1.75. The van der Waals surface area contributed by atoms with Crippen molar-refractivity contribution in [2.24, 2.45) is 0 Å². The van der Waals surface area contributed by atoms with Gasteiger partial charge in [-0.1, -0.05) is 42.5 Å². The van der Waals surface area contributed by atoms with Crippen LogP contribution in [0.15, 0.2) is 78.5 Å². The van der Waals surface area contributed by atoms with E-state index in [9.17, 15) is 19.8 Å². The fourth-order valence-electron chi connectivity index (χ4n) is 3.48. The topological polar surface area (TPSA) is 90.7 Å². The minimum atomic E-state index is -0.968. The van der Waals surface area contributed by atoms with Crippen LogP contribution in [0.2, 0.25) is 0 Å². The van der Waals surface area contributed by atoms with Crippen LogP contribution in [-0.2, 0) is 9.59 Å². The molecule has 29 heavy (non-hydrogen) atoms. The molecular weight excluding hydrogens is 368 g/mol. The number of aliphatic hydroxyl groups excluding tert-OH is 1. The van der Waals surface area contributed by atoms with Crippen LogP contribution in [0.25, 0.3) is 5.76 Å². The Morgan fingerprint density at radius 2 is 1.72 bits per heavy atom. The summed E-state index contributed by atoms with van der Waals surface area (Å²) < 4.78 is 0. The van der Waals surface area contributed by atoms with Crippen molar-refractivity contribution in [3.05, 3.63) is 95.3 Å². The molecule has 0 saturated carbocycles. The maximum atomic E-state index is 13.0. The lowest BCUT2D eigenvalue weighted by atomic mass is 9.98. The summed E-state index contributed by atoms with van der Waals surface area (Å²) in [4.78, 5) is 31.5. The lowest BCUT2D eigenvalue weighted by Gasteiger charge is -2.25. The molecule has 1 fully saturated rings. The molecular formula is C23H18N2O4. The Morgan fingerprint density at radius 3 is 2.41 bits per heavy atom. The van der Waals surface area contributed by atoms with E-state index in [1.54, 1.807) is 66.9 Å². The standard InChI is InChI=1S/C23H18N2O4/c1-14-10-11-18(26)17(13-14)25-20(16-9-5-6-12-24-16)19(22(28)23(25)29)21(27)15-7-3-2-4-8-15/h2-13,20,26-27H,1H3/b21-19+. The molecule has 2 aromatic carbocycles. The molecule has 4 rings (SSSR count). The zero-order valence-electron chi connectivity index (χ0n) is 15.6. The number of aromatic nitrogens is 1. The molecule has 1 aromatic heterocycles. The molecule has 0 aliphatic carbocycles. The van der Waals surface area contributed by atoms with E-state index >= 15 is 0 Å². The van der Waals surface area contributed by atoms with Crippen molar-refractivity contribution >= 4 is 23.1 Å². The first kappa shape index (κ1) is 18.4. The minimum absolute atomic E-state index is 0.0687. The highest BCUT2D eigenvalue weighted by atomic mass is 16.3. The predicted molar refractivity (Wildman–Crippen MR) is 108 cm³/mol. The zero-order valence-corrected chi connectivity index (χ0v) is 15.6. The molecule has 6 heteroatoms. The first-order chi connectivity index (χ1) is 14.0. The second-order valence-electron chi connectivity index (χ2n) is 6.78. The number of carbonyl (C=O) groups is 2. The first-order valence-corrected chi connectivity index (χ1v) is 9.06. The Morgan fingerprint density at radius 1 is 1.00 bits per heavy atom. The molecule has 1 unspecified atom stereocenters. The summed E-state index contributed by atoms with van der Waals surface area (Å²) in [6.45, 7) is 1.82. The summed E-state index contributed by atoms with van der Waals surface area (Å²) in [5.74, 6) is -2.09. The lowest BCUT2D eigenvalue weighted by Crippen LogP contribution is -2.30. The summed E-state index contributed by atoms with van der Waals surface area (Å²) in [7, 11) is 0. The van der Waals surface area contributed by atoms with E-state index in [1.807, 2.05) is 6.92 Å². The molecule has 1 aliphatic rings. The SMILES string of the molecule is Cc1ccc(O)c(N2C(=O)C(=O)/C(=C(/O)c3ccccc3)C2c2ccccn2)c1. The van der Waals surface area contributed by atoms with Gasteiger partial charge in [-0.25, -0.2) is 0 Å². The van der Waals surface area contributed by atoms with Gasteiger partial charge in [-0.2, -0.15) is 0 Å². The van der Waals surface area contributed by atoms with Crippen molar-refractivity contribution < 1.29 is 19.8 Å². The number of carbonyl (C=O) groups excluding carboxylic acids is 2. The van der Waals surface area contributed by atoms with Crippen LogP contribution in [0.1, 0.15) is 22.9 Å². The van der Waals surface area contributed by atoms with Crippen molar-refractivity contribution in [1.29, 1.82) is 0 Å². The zero-order chi connectivity index (χ0) is 20.5. The summed E-state index contributed by atoms with van der Waals surface area (Å²) in [6, 6.07) is 17.5. The molecule has 144 valence electrons. The molecule has 0 bridgehead atoms. The van der Waals surface area contributed by atoms with Crippen LogP contribution in [0.3, 0.4) is 0 Å². The Bertz CT molecular complexity index is 1120. The maximum Gasteiger partial charge on any atom is 0.300 e. The third kappa shape index (κ3) is 3.14. The molecule has 6 nitrogen and oxygen atoms in total. The summed E-state index contributed by atoms with van der Waals surface area (Å²) in [5, 5.41) is 21.3. The van der Waals surface area contributed by atoms with Gasteiger partial charge in [0.1, 0.15) is 17.6 Å². The van der Waals surface area contributed by atoms with Gasteiger partial charge >= 0.3 is 0 Å². The number of hydrogen-bond donors (Lipinski definition) is 2. The molecule has 1 atom stereocenters. The second kappa shape index (κ2) is 7.24. The van der Waals surface area contributed by atoms with Crippen molar-refractivity contribution in [3.63, 3.8) is 0 Å². The fraction of sp³-hybridized carbons (Fsp3) is 0.0870. The number of phenolic OH excluding ortho intramolecular Hbond substituents is 1. The van der Waals surface area contributed by atoms with Crippen molar-refractivity contribution in [2.75, 3.05) is 4.90 Å². The quantitative estimate of drug-likeness (QED) is 0.407. The monoisotopic (exact) mass is 386 g/mol. The van der Waals surface area contributed by atoms with Crippen LogP contribution in [0.5, 0.6) is 5.75 Å². The van der Waals surface area contributed by atoms with Crippen LogP contribution >= 0.6 is 0 Å². The minimum Gasteiger partial charge on any atom is -0.507 e. The predicted octanol–water partition coefficient (Wildman–Crippen LogP) is 3.72. The highest BCUT2D eigenvalue weighted by molar-refractivity contribution is 6.51. The van der Waals surface area contributed by atoms with Crippen molar-refractivity contribution in [3.8, 4) is 5.75 Å². The van der Waals surface area contributed by atoms with Crippen LogP contribution in [0, 0.1) is 6.92 Å². The average molecular weight is 386 g/mol. The molecule has 1 saturated heterocycles. The smallest absolute Gasteiger partial charge is 0.300 e. The van der Waals surface area contributed by atoms with Gasteiger partial charge in [0.25, 0.3) is 11.7 Å². The number of aliphatic hydroxyl groups is 1. The number of amides is 1. The Hall–Kier alpha value is -3.93. The fourth-order valence-corrected chi connectivity index (χ4v) is 3.48. The van der Waals surface area contributed by atoms with Crippen LogP contribution in [0.4, 0.5) is 5.69 Å². The van der Waals surface area contributed by atoms with Gasteiger partial charge in [-0.05, 0) is 36.8 Å². The van der Waals surface area contributed by atoms with Gasteiger partial charge < -0.3 is 10.2 Å². The number of benzene rings is 2. The van der Waals surface area contributed by atoms with Crippen LogP contribution in [-0.4, -0.2) is 26.9 Å². The molecule has 1 amide bonds. The molecule has 2 heterocycles. The number of Topliss-reactive ketones (excluding diaryl/α,β-unsaturated/α-hetero) is 1. The lowest BCUT2D eigenvalue weighted by molar-refractivity contribution is -0.132. The van der Waals surface area contributed by atoms with Crippen LogP contribution < -0.4 is 4.90 Å². The molecule has 3 aromatic rings. The molecule has 1 aliphatic heterocycles. The van der Waals surface area contributed by atoms with E-state index in [4.69, 9.17) is 0 Å². The van der Waals surface area contributed by atoms with E-state index in [0.29, 0.717) is 11.3 Å². The van der Waals surface area contributed by atoms with E-state index in [2.05, 4.69) is 4.98 Å². The third-order valence-corrected chi connectivity index (χ3v) is 4.85. The normalized spacial score (nSPS) is 18.2. The van der Waals surface area contributed by atoms with E-state index in [1.165, 1.54) is 11.0 Å². The number of hydrogen-bond acceptors (Lipinski definition) is 5. The van der Waals surface area contributed by atoms with Crippen molar-refractivity contribution in [1.82, 2.24) is 4.98 Å². The van der Waals surface area contributed by atoms with E-state index < -0.39 is 17.7 Å². The number of anilines is 1. The number of ketones is 1. The summed E-state index contributed by atoms with van der Waals surface area (Å²) >= 11 is 0. The highest BCUT2D eigenvalue weighted by Gasteiger charge is 2.48. The van der Waals surface area contributed by atoms with E-state index in [-0.39, 0.29) is 22.8 Å². The number of nitrogens with zero attached hydrogens (tertiary/aromatic N) is 2. The number of aromatic hydroxyl groups is 1. The highest BCUT2D eigenvalue weighted by Crippen LogP contribution is 2.44. The van der Waals surface area contributed by atoms with Gasteiger partial charge in [0.15, 0.2) is 0 Å². The van der Waals surface area contributed by atoms with Gasteiger partial charge in [-0.3, -0.25) is 19.5 Å². The van der Waals surface area contributed by atoms with E-state index in [0.717, 1.165) is 5.56 Å². The maximum absolute atomic E-state index is 13.0. The Labute approximate surface area is 167 Å². The molecule has 0 radical (unpaired) electrons. The number of phenols is 1. The Kier molecular flexibility index (Phi) is 4.60. The average Bonchev–Trinajstić information content (AvgIpc) is 3.01. The first-order valence-electron chi connectivity index (χ1n) is 9.06. The largest absolute Gasteiger partial charge is 0.507 e. The molecule has 0 spiro atoms. The van der Waals surface area contributed by atoms with Gasteiger partial charge in [0, 0.05) is 11.8 Å². The third-order valence-electron chi connectivity index (χ3n) is 4.85. The number of aryl methyl sites for hydroxylation is 1. The summed E-state index contributed by atoms with van der Waals surface area (Å²) in [6.07, 6.45) is 1.55. The van der Waals surface area contributed by atoms with Crippen molar-refractivity contribution in [2.45, 2.75) is 13.0 Å². The number of pyridine rings is 1. The van der Waals surface area contributed by atoms with Gasteiger partial charge in [0.05, 0.1) is 17.0 Å². The van der Waals surface area contributed by atoms with Gasteiger partial charge in [0.2, 0.25) is 0 Å². The Balaban J connectivity index is 1.98.